The molecule has 1 saturated heterocycles. The topological polar surface area (TPSA) is 175 Å². The number of hydrogen-bond donors (Lipinski definition) is 3. The molecule has 6 atom stereocenters. The average molecular weight is 949 g/mol. The van der Waals surface area contributed by atoms with E-state index in [1.165, 1.54) is 70.6 Å². The zero-order valence-electron chi connectivity index (χ0n) is 42.4. The SMILES string of the molecule is CCCCC/C=C\C/C=C\CCCCCCCC(=O)OCC(COC1OC(C(=O)O)C(O)C(O)C1OC(=O)CCCCCCCCCCC)OC(=O)CCCCCCC/C=C\CCCCCC. The summed E-state index contributed by atoms with van der Waals surface area (Å²) in [7, 11) is 0. The van der Waals surface area contributed by atoms with Crippen LogP contribution in [-0.4, -0.2) is 89.2 Å². The summed E-state index contributed by atoms with van der Waals surface area (Å²) in [6, 6.07) is 0. The summed E-state index contributed by atoms with van der Waals surface area (Å²) < 4.78 is 28.3. The first-order valence-electron chi connectivity index (χ1n) is 27.0. The maximum Gasteiger partial charge on any atom is 0.335 e. The van der Waals surface area contributed by atoms with Gasteiger partial charge in [0, 0.05) is 19.3 Å². The lowest BCUT2D eigenvalue weighted by Crippen LogP contribution is -2.61. The third-order valence-corrected chi connectivity index (χ3v) is 12.2. The molecule has 3 N–H and O–H groups in total. The standard InChI is InChI=1S/C55H96O12/c1-4-7-10-13-16-19-21-23-24-26-27-30-32-35-38-41-47(56)63-44-46(65-48(57)42-39-36-34-31-28-25-22-20-17-14-11-8-5-2)45-64-55-53(51(60)50(59)52(67-55)54(61)62)66-49(58)43-40-37-33-29-18-15-12-9-6-3/h16,19-20,22-24,46,50-53,55,59-60H,4-15,17-18,21,25-45H2,1-3H3,(H,61,62)/b19-16-,22-20-,24-23-. The van der Waals surface area contributed by atoms with Gasteiger partial charge in [-0.05, 0) is 77.0 Å². The maximum atomic E-state index is 13.1. The molecule has 0 aliphatic carbocycles. The van der Waals surface area contributed by atoms with Gasteiger partial charge in [-0.3, -0.25) is 14.4 Å². The Balaban J connectivity index is 2.73. The Morgan fingerprint density at radius 3 is 1.40 bits per heavy atom. The van der Waals surface area contributed by atoms with Crippen molar-refractivity contribution < 1.29 is 58.2 Å². The van der Waals surface area contributed by atoms with E-state index in [9.17, 15) is 34.5 Å². The van der Waals surface area contributed by atoms with Gasteiger partial charge in [-0.15, -0.1) is 0 Å². The zero-order valence-corrected chi connectivity index (χ0v) is 42.4. The first-order valence-corrected chi connectivity index (χ1v) is 27.0. The van der Waals surface area contributed by atoms with E-state index in [1.54, 1.807) is 0 Å². The molecule has 0 spiro atoms. The lowest BCUT2D eigenvalue weighted by atomic mass is 9.98. The van der Waals surface area contributed by atoms with Gasteiger partial charge in [-0.2, -0.15) is 0 Å². The molecule has 67 heavy (non-hydrogen) atoms. The molecule has 12 nitrogen and oxygen atoms in total. The Morgan fingerprint density at radius 1 is 0.493 bits per heavy atom. The summed E-state index contributed by atoms with van der Waals surface area (Å²) in [6.07, 6.45) is 37.1. The number of ether oxygens (including phenoxy) is 5. The van der Waals surface area contributed by atoms with Crippen LogP contribution >= 0.6 is 0 Å². The van der Waals surface area contributed by atoms with E-state index >= 15 is 0 Å². The Bertz CT molecular complexity index is 1310. The fourth-order valence-electron chi connectivity index (χ4n) is 7.98. The van der Waals surface area contributed by atoms with Crippen LogP contribution < -0.4 is 0 Å². The number of aliphatic hydroxyl groups is 2. The van der Waals surface area contributed by atoms with Crippen LogP contribution in [0.2, 0.25) is 0 Å². The summed E-state index contributed by atoms with van der Waals surface area (Å²) in [5, 5.41) is 31.3. The van der Waals surface area contributed by atoms with Crippen molar-refractivity contribution in [2.45, 2.75) is 276 Å². The largest absolute Gasteiger partial charge is 0.479 e. The molecular weight excluding hydrogens is 853 g/mol. The average Bonchev–Trinajstić information content (AvgIpc) is 3.31. The number of hydrogen-bond acceptors (Lipinski definition) is 11. The predicted molar refractivity (Wildman–Crippen MR) is 266 cm³/mol. The van der Waals surface area contributed by atoms with Crippen molar-refractivity contribution in [3.63, 3.8) is 0 Å². The number of carbonyl (C=O) groups excluding carboxylic acids is 3. The van der Waals surface area contributed by atoms with Crippen molar-refractivity contribution in [2.24, 2.45) is 0 Å². The number of unbranched alkanes of at least 4 members (excludes halogenated alkanes) is 25. The molecule has 388 valence electrons. The number of carbonyl (C=O) groups is 4. The van der Waals surface area contributed by atoms with Gasteiger partial charge in [0.25, 0.3) is 0 Å². The molecule has 1 fully saturated rings. The van der Waals surface area contributed by atoms with Gasteiger partial charge < -0.3 is 39.0 Å². The minimum Gasteiger partial charge on any atom is -0.479 e. The van der Waals surface area contributed by atoms with Crippen molar-refractivity contribution in [2.75, 3.05) is 13.2 Å². The number of rotatable bonds is 45. The van der Waals surface area contributed by atoms with E-state index in [0.717, 1.165) is 109 Å². The minimum atomic E-state index is -1.90. The van der Waals surface area contributed by atoms with E-state index in [-0.39, 0.29) is 25.9 Å². The number of aliphatic hydroxyl groups excluding tert-OH is 2. The van der Waals surface area contributed by atoms with Crippen LogP contribution in [0.3, 0.4) is 0 Å². The van der Waals surface area contributed by atoms with Crippen LogP contribution in [0.25, 0.3) is 0 Å². The summed E-state index contributed by atoms with van der Waals surface area (Å²) in [6.45, 7) is 5.89. The first-order chi connectivity index (χ1) is 32.6. The van der Waals surface area contributed by atoms with Crippen LogP contribution in [0.4, 0.5) is 0 Å². The molecule has 6 unspecified atom stereocenters. The van der Waals surface area contributed by atoms with Crippen LogP contribution in [-0.2, 0) is 42.9 Å². The summed E-state index contributed by atoms with van der Waals surface area (Å²) in [5.74, 6) is -3.14. The van der Waals surface area contributed by atoms with E-state index in [4.69, 9.17) is 23.7 Å². The smallest absolute Gasteiger partial charge is 0.335 e. The first kappa shape index (κ1) is 62.0. The number of carboxylic acids is 1. The molecular formula is C55H96O12. The van der Waals surface area contributed by atoms with Crippen LogP contribution in [0, 0.1) is 0 Å². The molecule has 0 aromatic rings. The van der Waals surface area contributed by atoms with Gasteiger partial charge in [0.05, 0.1) is 6.61 Å². The molecule has 1 aliphatic rings. The van der Waals surface area contributed by atoms with Gasteiger partial charge in [-0.25, -0.2) is 4.79 Å². The van der Waals surface area contributed by atoms with Crippen LogP contribution in [0.15, 0.2) is 36.5 Å². The second-order valence-electron chi connectivity index (χ2n) is 18.5. The second-order valence-corrected chi connectivity index (χ2v) is 18.5. The third-order valence-electron chi connectivity index (χ3n) is 12.2. The molecule has 1 heterocycles. The highest BCUT2D eigenvalue weighted by Crippen LogP contribution is 2.26. The number of allylic oxidation sites excluding steroid dienone is 6. The van der Waals surface area contributed by atoms with Crippen molar-refractivity contribution in [1.29, 1.82) is 0 Å². The number of esters is 3. The quantitative estimate of drug-likeness (QED) is 0.0228. The molecule has 0 saturated carbocycles. The van der Waals surface area contributed by atoms with E-state index < -0.39 is 67.3 Å². The number of carboxylic acid groups (broad SMARTS) is 1. The third kappa shape index (κ3) is 34.8. The highest BCUT2D eigenvalue weighted by atomic mass is 16.7. The second kappa shape index (κ2) is 44.2. The summed E-state index contributed by atoms with van der Waals surface area (Å²) in [4.78, 5) is 50.8. The Hall–Kier alpha value is -3.06. The van der Waals surface area contributed by atoms with Gasteiger partial charge in [-0.1, -0.05) is 179 Å². The van der Waals surface area contributed by atoms with Gasteiger partial charge in [0.15, 0.2) is 24.6 Å². The molecule has 0 aromatic heterocycles. The number of aliphatic carboxylic acids is 1. The van der Waals surface area contributed by atoms with Crippen molar-refractivity contribution in [3.05, 3.63) is 36.5 Å². The minimum absolute atomic E-state index is 0.0609. The van der Waals surface area contributed by atoms with Gasteiger partial charge in [0.2, 0.25) is 0 Å². The maximum absolute atomic E-state index is 13.1. The van der Waals surface area contributed by atoms with E-state index in [1.807, 2.05) is 0 Å². The molecule has 1 aliphatic heterocycles. The Labute approximate surface area is 406 Å². The highest BCUT2D eigenvalue weighted by molar-refractivity contribution is 5.74. The predicted octanol–water partition coefficient (Wildman–Crippen LogP) is 12.9. The fourth-order valence-corrected chi connectivity index (χ4v) is 7.98. The molecule has 12 heteroatoms. The molecule has 0 amide bonds. The van der Waals surface area contributed by atoms with Crippen LogP contribution in [0.5, 0.6) is 0 Å². The zero-order chi connectivity index (χ0) is 49.0. The fraction of sp³-hybridized carbons (Fsp3) is 0.818. The van der Waals surface area contributed by atoms with Gasteiger partial charge in [0.1, 0.15) is 18.8 Å². The lowest BCUT2D eigenvalue weighted by Gasteiger charge is -2.40. The van der Waals surface area contributed by atoms with E-state index in [0.29, 0.717) is 19.3 Å². The normalized spacial score (nSPS) is 19.1. The van der Waals surface area contributed by atoms with Gasteiger partial charge >= 0.3 is 23.9 Å². The monoisotopic (exact) mass is 949 g/mol. The Morgan fingerprint density at radius 2 is 0.896 bits per heavy atom. The van der Waals surface area contributed by atoms with Crippen molar-refractivity contribution in [1.82, 2.24) is 0 Å². The molecule has 0 radical (unpaired) electrons. The van der Waals surface area contributed by atoms with E-state index in [2.05, 4.69) is 57.2 Å². The summed E-state index contributed by atoms with van der Waals surface area (Å²) >= 11 is 0. The highest BCUT2D eigenvalue weighted by Gasteiger charge is 2.50. The molecule has 1 rings (SSSR count). The van der Waals surface area contributed by atoms with Crippen molar-refractivity contribution >= 4 is 23.9 Å². The molecule has 0 bridgehead atoms. The summed E-state index contributed by atoms with van der Waals surface area (Å²) in [5.41, 5.74) is 0. The van der Waals surface area contributed by atoms with Crippen LogP contribution in [0.1, 0.15) is 239 Å². The van der Waals surface area contributed by atoms with Crippen molar-refractivity contribution in [3.8, 4) is 0 Å². The lowest BCUT2D eigenvalue weighted by molar-refractivity contribution is -0.301. The Kier molecular flexibility index (Phi) is 40.8. The molecule has 0 aromatic carbocycles.